The lowest BCUT2D eigenvalue weighted by Crippen LogP contribution is -2.28. The van der Waals surface area contributed by atoms with Crippen molar-refractivity contribution in [2.75, 3.05) is 10.5 Å². The fourth-order valence-electron chi connectivity index (χ4n) is 2.67. The van der Waals surface area contributed by atoms with Crippen molar-refractivity contribution in [2.24, 2.45) is 10.7 Å². The van der Waals surface area contributed by atoms with E-state index in [0.29, 0.717) is 15.9 Å². The molecule has 1 atom stereocenters. The highest BCUT2D eigenvalue weighted by Gasteiger charge is 2.29. The first kappa shape index (κ1) is 19.4. The van der Waals surface area contributed by atoms with Crippen molar-refractivity contribution < 1.29 is 8.42 Å². The summed E-state index contributed by atoms with van der Waals surface area (Å²) in [6, 6.07) is 11.4. The topological polar surface area (TPSA) is 84.5 Å². The molecule has 26 heavy (non-hydrogen) atoms. The molecule has 2 aromatic rings. The summed E-state index contributed by atoms with van der Waals surface area (Å²) in [5.41, 5.74) is 6.74. The van der Waals surface area contributed by atoms with Gasteiger partial charge in [0.25, 0.3) is 10.0 Å². The molecule has 138 valence electrons. The maximum Gasteiger partial charge on any atom is 0.261 e. The number of hydrogen-bond donors (Lipinski definition) is 2. The van der Waals surface area contributed by atoms with Crippen LogP contribution >= 0.6 is 35.0 Å². The number of aliphatic imine (C=N–C) groups is 1. The predicted octanol–water partition coefficient (Wildman–Crippen LogP) is 4.46. The number of thioether (sulfide) groups is 1. The molecule has 1 unspecified atom stereocenters. The van der Waals surface area contributed by atoms with Gasteiger partial charge in [-0.25, -0.2) is 8.42 Å². The second kappa shape index (κ2) is 7.31. The van der Waals surface area contributed by atoms with Crippen LogP contribution in [0.15, 0.2) is 52.4 Å². The third kappa shape index (κ3) is 4.11. The first-order valence-electron chi connectivity index (χ1n) is 7.76. The summed E-state index contributed by atoms with van der Waals surface area (Å²) in [4.78, 5) is 4.59. The van der Waals surface area contributed by atoms with Gasteiger partial charge in [-0.1, -0.05) is 47.1 Å². The number of nitrogens with zero attached hydrogens (tertiary/aromatic N) is 1. The fraction of sp³-hybridized carbons (Fsp3) is 0.235. The van der Waals surface area contributed by atoms with E-state index in [1.54, 1.807) is 18.2 Å². The lowest BCUT2D eigenvalue weighted by molar-refractivity contribution is 0.482. The number of anilines is 1. The van der Waals surface area contributed by atoms with E-state index in [9.17, 15) is 8.42 Å². The van der Waals surface area contributed by atoms with Crippen molar-refractivity contribution >= 4 is 55.8 Å². The molecular formula is C17H17Cl2N3O2S2. The Balaban J connectivity index is 1.91. The van der Waals surface area contributed by atoms with E-state index in [1.807, 2.05) is 13.0 Å². The van der Waals surface area contributed by atoms with E-state index in [-0.39, 0.29) is 9.92 Å². The molecule has 1 aliphatic heterocycles. The number of nitrogens with two attached hydrogens (primary N) is 1. The molecule has 1 heterocycles. The molecule has 2 aromatic carbocycles. The largest absolute Gasteiger partial charge is 0.379 e. The molecule has 3 rings (SSSR count). The molecule has 0 radical (unpaired) electrons. The van der Waals surface area contributed by atoms with Gasteiger partial charge in [0.15, 0.2) is 5.17 Å². The van der Waals surface area contributed by atoms with E-state index in [4.69, 9.17) is 28.9 Å². The lowest BCUT2D eigenvalue weighted by Gasteiger charge is -2.30. The maximum atomic E-state index is 12.6. The van der Waals surface area contributed by atoms with Crippen LogP contribution in [-0.2, 0) is 15.6 Å². The number of nitrogens with one attached hydrogen (secondary N) is 1. The Hall–Kier alpha value is -1.41. The van der Waals surface area contributed by atoms with E-state index in [0.717, 1.165) is 17.7 Å². The molecular weight excluding hydrogens is 413 g/mol. The number of halogens is 2. The molecule has 0 spiro atoms. The summed E-state index contributed by atoms with van der Waals surface area (Å²) >= 11 is 13.3. The van der Waals surface area contributed by atoms with Crippen molar-refractivity contribution in [2.45, 2.75) is 23.8 Å². The van der Waals surface area contributed by atoms with Crippen LogP contribution in [0.1, 0.15) is 18.9 Å². The minimum Gasteiger partial charge on any atom is -0.379 e. The highest BCUT2D eigenvalue weighted by molar-refractivity contribution is 8.13. The molecule has 9 heteroatoms. The minimum atomic E-state index is -3.79. The van der Waals surface area contributed by atoms with Gasteiger partial charge < -0.3 is 5.73 Å². The van der Waals surface area contributed by atoms with Gasteiger partial charge >= 0.3 is 0 Å². The molecule has 3 N–H and O–H groups in total. The van der Waals surface area contributed by atoms with E-state index >= 15 is 0 Å². The Labute approximate surface area is 167 Å². The smallest absolute Gasteiger partial charge is 0.261 e. The predicted molar refractivity (Wildman–Crippen MR) is 110 cm³/mol. The Morgan fingerprint density at radius 1 is 1.19 bits per heavy atom. The summed E-state index contributed by atoms with van der Waals surface area (Å²) in [6.07, 6.45) is 0.821. The summed E-state index contributed by atoms with van der Waals surface area (Å²) in [5, 5.41) is 1.02. The zero-order chi connectivity index (χ0) is 18.9. The van der Waals surface area contributed by atoms with Crippen LogP contribution in [0, 0.1) is 0 Å². The van der Waals surface area contributed by atoms with Gasteiger partial charge in [0.05, 0.1) is 20.5 Å². The number of benzene rings is 2. The van der Waals surface area contributed by atoms with Gasteiger partial charge in [-0.3, -0.25) is 9.71 Å². The normalized spacial score (nSPS) is 20.5. The third-order valence-corrected chi connectivity index (χ3v) is 7.05. The van der Waals surface area contributed by atoms with Crippen molar-refractivity contribution in [3.63, 3.8) is 0 Å². The zero-order valence-electron chi connectivity index (χ0n) is 13.9. The molecule has 0 saturated carbocycles. The molecule has 0 aliphatic carbocycles. The summed E-state index contributed by atoms with van der Waals surface area (Å²) in [5.74, 6) is 0.866. The van der Waals surface area contributed by atoms with Crippen molar-refractivity contribution in [3.05, 3.63) is 58.1 Å². The van der Waals surface area contributed by atoms with E-state index in [1.165, 1.54) is 30.0 Å². The number of rotatable bonds is 4. The van der Waals surface area contributed by atoms with Crippen LogP contribution in [0.3, 0.4) is 0 Å². The Morgan fingerprint density at radius 3 is 2.65 bits per heavy atom. The average molecular weight is 430 g/mol. The quantitative estimate of drug-likeness (QED) is 0.750. The van der Waals surface area contributed by atoms with Crippen molar-refractivity contribution in [1.82, 2.24) is 0 Å². The second-order valence-electron chi connectivity index (χ2n) is 6.08. The van der Waals surface area contributed by atoms with Crippen LogP contribution in [0.2, 0.25) is 10.0 Å². The molecule has 0 amide bonds. The molecule has 1 aliphatic rings. The monoisotopic (exact) mass is 429 g/mol. The van der Waals surface area contributed by atoms with Crippen molar-refractivity contribution in [3.8, 4) is 0 Å². The Kier molecular flexibility index (Phi) is 5.44. The van der Waals surface area contributed by atoms with E-state index in [2.05, 4.69) is 9.71 Å². The molecule has 0 saturated heterocycles. The van der Waals surface area contributed by atoms with Crippen LogP contribution < -0.4 is 10.5 Å². The van der Waals surface area contributed by atoms with Gasteiger partial charge in [-0.15, -0.1) is 0 Å². The van der Waals surface area contributed by atoms with Gasteiger partial charge in [-0.05, 0) is 49.2 Å². The summed E-state index contributed by atoms with van der Waals surface area (Å²) < 4.78 is 27.8. The summed E-state index contributed by atoms with van der Waals surface area (Å²) in [6.45, 7) is 1.99. The van der Waals surface area contributed by atoms with Crippen molar-refractivity contribution in [1.29, 1.82) is 0 Å². The Morgan fingerprint density at radius 2 is 1.96 bits per heavy atom. The van der Waals surface area contributed by atoms with Gasteiger partial charge in [0.2, 0.25) is 0 Å². The molecule has 5 nitrogen and oxygen atoms in total. The number of sulfonamides is 1. The minimum absolute atomic E-state index is 0.0415. The third-order valence-electron chi connectivity index (χ3n) is 4.13. The number of amidine groups is 1. The molecule has 0 bridgehead atoms. The highest BCUT2D eigenvalue weighted by Crippen LogP contribution is 2.36. The van der Waals surface area contributed by atoms with Gasteiger partial charge in [-0.2, -0.15) is 0 Å². The first-order valence-corrected chi connectivity index (χ1v) is 11.0. The Bertz CT molecular complexity index is 980. The molecule has 0 aromatic heterocycles. The fourth-order valence-corrected chi connectivity index (χ4v) is 5.08. The van der Waals surface area contributed by atoms with E-state index < -0.39 is 15.6 Å². The second-order valence-corrected chi connectivity index (χ2v) is 9.70. The lowest BCUT2D eigenvalue weighted by atomic mass is 9.89. The number of hydrogen-bond acceptors (Lipinski definition) is 5. The van der Waals surface area contributed by atoms with Crippen LogP contribution in [0.25, 0.3) is 0 Å². The van der Waals surface area contributed by atoms with Crippen LogP contribution in [0.4, 0.5) is 5.69 Å². The van der Waals surface area contributed by atoms with Gasteiger partial charge in [0.1, 0.15) is 0 Å². The average Bonchev–Trinajstić information content (AvgIpc) is 2.57. The van der Waals surface area contributed by atoms with Crippen LogP contribution in [0.5, 0.6) is 0 Å². The SMILES string of the molecule is CC1(c2cccc(NS(=O)(=O)c3ccc(Cl)c(Cl)c3)c2)CCSC(N)=N1. The zero-order valence-corrected chi connectivity index (χ0v) is 17.0. The maximum absolute atomic E-state index is 12.6. The molecule has 0 fully saturated rings. The van der Waals surface area contributed by atoms with Crippen LogP contribution in [-0.4, -0.2) is 19.3 Å². The van der Waals surface area contributed by atoms with Gasteiger partial charge in [0, 0.05) is 11.4 Å². The highest BCUT2D eigenvalue weighted by atomic mass is 35.5. The summed E-state index contributed by atoms with van der Waals surface area (Å²) in [7, 11) is -3.79. The first-order chi connectivity index (χ1) is 12.2. The standard InChI is InChI=1S/C17H17Cl2N3O2S2/c1-17(7-8-25-16(20)21-17)11-3-2-4-12(9-11)22-26(23,24)13-5-6-14(18)15(19)10-13/h2-6,9-10,22H,7-8H2,1H3,(H2,20,21).